The van der Waals surface area contributed by atoms with E-state index in [0.29, 0.717) is 0 Å². The van der Waals surface area contributed by atoms with Gasteiger partial charge in [-0.2, -0.15) is 0 Å². The van der Waals surface area contributed by atoms with Crippen molar-refractivity contribution in [2.75, 3.05) is 0 Å². The van der Waals surface area contributed by atoms with E-state index in [0.717, 1.165) is 0 Å². The normalized spacial score (nSPS) is 10.1. The minimum absolute atomic E-state index is 0. The van der Waals surface area contributed by atoms with E-state index >= 15 is 0 Å². The molecule has 1 radical (unpaired) electrons. The molecule has 0 atom stereocenters. The van der Waals surface area contributed by atoms with Crippen molar-refractivity contribution in [3.63, 3.8) is 0 Å². The molecule has 0 amide bonds. The smallest absolute Gasteiger partial charge is 0.147 e. The average molecular weight is 367 g/mol. The molecule has 0 bridgehead atoms. The van der Waals surface area contributed by atoms with E-state index in [9.17, 15) is 0 Å². The van der Waals surface area contributed by atoms with Crippen LogP contribution in [0.25, 0.3) is 0 Å². The Hall–Kier alpha value is -0.471. The zero-order valence-electron chi connectivity index (χ0n) is 10.8. The molecule has 0 aliphatic carbocycles. The Bertz CT molecular complexity index is 388. The van der Waals surface area contributed by atoms with Crippen molar-refractivity contribution in [3.05, 3.63) is 60.7 Å². The summed E-state index contributed by atoms with van der Waals surface area (Å²) in [7, 11) is 0. The molecule has 0 spiro atoms. The molecule has 95 valence electrons. The maximum absolute atomic E-state index is 2.33. The van der Waals surface area contributed by atoms with E-state index in [-0.39, 0.29) is 12.4 Å². The minimum Gasteiger partial charge on any atom is -0.147 e. The molecule has 0 heterocycles. The summed E-state index contributed by atoms with van der Waals surface area (Å²) in [6, 6.07) is 22.3. The van der Waals surface area contributed by atoms with E-state index < -0.39 is 19.8 Å². The maximum atomic E-state index is 2.33. The SMILES string of the molecule is CCC[CH2][Sn]([c]1ccccc1)[c]1ccccc1.Cl. The molecule has 2 aromatic rings. The van der Waals surface area contributed by atoms with Crippen LogP contribution in [0.3, 0.4) is 0 Å². The second-order valence-electron chi connectivity index (χ2n) is 4.31. The molecule has 0 saturated carbocycles. The van der Waals surface area contributed by atoms with E-state index in [2.05, 4.69) is 67.6 Å². The molecule has 0 fully saturated rings. The molecule has 0 N–H and O–H groups in total. The summed E-state index contributed by atoms with van der Waals surface area (Å²) >= 11 is -1.60. The molecule has 2 aromatic carbocycles. The van der Waals surface area contributed by atoms with Crippen LogP contribution in [-0.4, -0.2) is 19.8 Å². The third kappa shape index (κ3) is 4.33. The summed E-state index contributed by atoms with van der Waals surface area (Å²) in [5, 5.41) is 0. The molecular weight excluding hydrogens is 346 g/mol. The van der Waals surface area contributed by atoms with Crippen LogP contribution in [0, 0.1) is 0 Å². The fourth-order valence-corrected chi connectivity index (χ4v) is 10.1. The third-order valence-electron chi connectivity index (χ3n) is 3.02. The fourth-order valence-electron chi connectivity index (χ4n) is 2.09. The molecule has 2 rings (SSSR count). The van der Waals surface area contributed by atoms with Crippen LogP contribution >= 0.6 is 12.4 Å². The van der Waals surface area contributed by atoms with Crippen molar-refractivity contribution in [2.24, 2.45) is 0 Å². The largest absolute Gasteiger partial charge is 0.147 e. The van der Waals surface area contributed by atoms with Gasteiger partial charge >= 0.3 is 112 Å². The first-order valence-corrected chi connectivity index (χ1v) is 11.3. The quantitative estimate of drug-likeness (QED) is 0.711. The standard InChI is InChI=1S/2C6H5.C4H9.ClH.Sn/c2*1-2-4-6-5-3-1;1-3-4-2;;/h2*1-5H;1,3-4H2,2H3;1H;. The molecule has 0 aliphatic rings. The fraction of sp³-hybridized carbons (Fsp3) is 0.250. The zero-order valence-corrected chi connectivity index (χ0v) is 14.5. The summed E-state index contributed by atoms with van der Waals surface area (Å²) < 4.78 is 4.70. The van der Waals surface area contributed by atoms with Crippen molar-refractivity contribution >= 4 is 39.3 Å². The van der Waals surface area contributed by atoms with Crippen LogP contribution in [-0.2, 0) is 0 Å². The monoisotopic (exact) mass is 367 g/mol. The van der Waals surface area contributed by atoms with Gasteiger partial charge in [0.2, 0.25) is 0 Å². The molecule has 0 nitrogen and oxygen atoms in total. The van der Waals surface area contributed by atoms with Gasteiger partial charge in [-0.05, 0) is 0 Å². The van der Waals surface area contributed by atoms with Gasteiger partial charge in [0.1, 0.15) is 0 Å². The predicted molar refractivity (Wildman–Crippen MR) is 84.9 cm³/mol. The van der Waals surface area contributed by atoms with Gasteiger partial charge < -0.3 is 0 Å². The molecule has 0 aliphatic heterocycles. The average Bonchev–Trinajstić information content (AvgIpc) is 2.42. The van der Waals surface area contributed by atoms with Crippen LogP contribution in [0.5, 0.6) is 0 Å². The minimum atomic E-state index is -1.60. The molecule has 0 saturated heterocycles. The van der Waals surface area contributed by atoms with E-state index in [1.807, 2.05) is 0 Å². The zero-order chi connectivity index (χ0) is 11.9. The van der Waals surface area contributed by atoms with Gasteiger partial charge in [-0.1, -0.05) is 0 Å². The first-order valence-electron chi connectivity index (χ1n) is 6.38. The van der Waals surface area contributed by atoms with Crippen molar-refractivity contribution < 1.29 is 0 Å². The summed E-state index contributed by atoms with van der Waals surface area (Å²) in [6.45, 7) is 2.29. The first kappa shape index (κ1) is 15.6. The number of hydrogen-bond donors (Lipinski definition) is 0. The molecule has 2 heteroatoms. The van der Waals surface area contributed by atoms with Crippen LogP contribution < -0.4 is 7.16 Å². The number of unbranched alkanes of at least 4 members (excludes halogenated alkanes) is 1. The van der Waals surface area contributed by atoms with Gasteiger partial charge in [-0.3, -0.25) is 0 Å². The number of hydrogen-bond acceptors (Lipinski definition) is 0. The Morgan fingerprint density at radius 2 is 1.22 bits per heavy atom. The van der Waals surface area contributed by atoms with Crippen molar-refractivity contribution in [2.45, 2.75) is 24.2 Å². The predicted octanol–water partition coefficient (Wildman–Crippen LogP) is 3.52. The second-order valence-corrected chi connectivity index (χ2v) is 11.8. The summed E-state index contributed by atoms with van der Waals surface area (Å²) in [4.78, 5) is 0. The molecule has 18 heavy (non-hydrogen) atoms. The van der Waals surface area contributed by atoms with Gasteiger partial charge in [-0.15, -0.1) is 12.4 Å². The Kier molecular flexibility index (Phi) is 7.45. The van der Waals surface area contributed by atoms with E-state index in [1.54, 1.807) is 7.16 Å². The molecule has 0 aromatic heterocycles. The topological polar surface area (TPSA) is 0 Å². The third-order valence-corrected chi connectivity index (χ3v) is 11.3. The summed E-state index contributed by atoms with van der Waals surface area (Å²) in [5.41, 5.74) is 0. The van der Waals surface area contributed by atoms with Crippen molar-refractivity contribution in [1.82, 2.24) is 0 Å². The van der Waals surface area contributed by atoms with Crippen LogP contribution in [0.2, 0.25) is 4.44 Å². The van der Waals surface area contributed by atoms with Gasteiger partial charge in [0.05, 0.1) is 0 Å². The summed E-state index contributed by atoms with van der Waals surface area (Å²) in [5.74, 6) is 0. The van der Waals surface area contributed by atoms with Crippen LogP contribution in [0.4, 0.5) is 0 Å². The van der Waals surface area contributed by atoms with Gasteiger partial charge in [0.25, 0.3) is 0 Å². The van der Waals surface area contributed by atoms with Gasteiger partial charge in [0, 0.05) is 0 Å². The number of benzene rings is 2. The first-order chi connectivity index (χ1) is 8.42. The Morgan fingerprint density at radius 1 is 0.778 bits per heavy atom. The van der Waals surface area contributed by atoms with Crippen LogP contribution in [0.1, 0.15) is 19.8 Å². The van der Waals surface area contributed by atoms with Crippen LogP contribution in [0.15, 0.2) is 60.7 Å². The van der Waals surface area contributed by atoms with E-state index in [1.165, 1.54) is 17.3 Å². The second kappa shape index (κ2) is 8.60. The Morgan fingerprint density at radius 3 is 1.61 bits per heavy atom. The van der Waals surface area contributed by atoms with Crippen molar-refractivity contribution in [1.29, 1.82) is 0 Å². The van der Waals surface area contributed by atoms with Gasteiger partial charge in [-0.25, -0.2) is 0 Å². The Balaban J connectivity index is 0.00000162. The number of halogens is 1. The van der Waals surface area contributed by atoms with E-state index in [4.69, 9.17) is 0 Å². The van der Waals surface area contributed by atoms with Gasteiger partial charge in [0.15, 0.2) is 0 Å². The molecular formula is C16H20ClSn. The number of rotatable bonds is 5. The maximum Gasteiger partial charge on any atom is -0.147 e. The molecule has 0 unspecified atom stereocenters. The Labute approximate surface area is 124 Å². The van der Waals surface area contributed by atoms with Crippen molar-refractivity contribution in [3.8, 4) is 0 Å². The summed E-state index contributed by atoms with van der Waals surface area (Å²) in [6.07, 6.45) is 2.68.